The van der Waals surface area contributed by atoms with E-state index in [4.69, 9.17) is 14.9 Å². The summed E-state index contributed by atoms with van der Waals surface area (Å²) in [5, 5.41) is 14.4. The Hall–Kier alpha value is -1.21. The fraction of sp³-hybridized carbons (Fsp3) is 0.750. The second-order valence-corrected chi connectivity index (χ2v) is 9.18. The van der Waals surface area contributed by atoms with E-state index in [1.165, 1.54) is 13.0 Å². The zero-order valence-corrected chi connectivity index (χ0v) is 15.9. The van der Waals surface area contributed by atoms with Gasteiger partial charge in [0.2, 0.25) is 5.91 Å². The molecule has 1 aliphatic rings. The fourth-order valence-electron chi connectivity index (χ4n) is 2.45. The molecule has 8 nitrogen and oxygen atoms in total. The molecule has 9 heteroatoms. The van der Waals surface area contributed by atoms with E-state index < -0.39 is 19.3 Å². The zero-order valence-electron chi connectivity index (χ0n) is 15.0. The van der Waals surface area contributed by atoms with Gasteiger partial charge in [-0.1, -0.05) is 26.3 Å². The summed E-state index contributed by atoms with van der Waals surface area (Å²) >= 11 is 0. The summed E-state index contributed by atoms with van der Waals surface area (Å²) in [6.45, 7) is 5.87. The molecule has 144 valence electrons. The summed E-state index contributed by atoms with van der Waals surface area (Å²) in [4.78, 5) is 41.1. The largest absolute Gasteiger partial charge is 0.477 e. The second-order valence-electron chi connectivity index (χ2n) is 7.23. The lowest BCUT2D eigenvalue weighted by atomic mass is 10.1. The first-order valence-electron chi connectivity index (χ1n) is 8.48. The van der Waals surface area contributed by atoms with Crippen molar-refractivity contribution in [2.45, 2.75) is 58.7 Å². The number of unbranched alkanes of at least 4 members (excludes halogenated alkanes) is 3. The highest BCUT2D eigenvalue weighted by atomic mass is 31.2. The maximum Gasteiger partial charge on any atom is 0.352 e. The summed E-state index contributed by atoms with van der Waals surface area (Å²) in [7, 11) is -4.09. The first-order valence-corrected chi connectivity index (χ1v) is 10.2. The minimum Gasteiger partial charge on any atom is -0.477 e. The van der Waals surface area contributed by atoms with Crippen LogP contribution in [0.15, 0.2) is 11.8 Å². The molecule has 0 saturated heterocycles. The van der Waals surface area contributed by atoms with E-state index in [9.17, 15) is 14.2 Å². The van der Waals surface area contributed by atoms with Crippen LogP contribution in [-0.2, 0) is 14.2 Å². The van der Waals surface area contributed by atoms with Crippen molar-refractivity contribution in [1.29, 1.82) is 0 Å². The lowest BCUT2D eigenvalue weighted by Crippen LogP contribution is -2.29. The summed E-state index contributed by atoms with van der Waals surface area (Å²) in [5.41, 5.74) is -0.133. The van der Waals surface area contributed by atoms with Crippen LogP contribution in [0, 0.1) is 11.3 Å². The smallest absolute Gasteiger partial charge is 0.352 e. The maximum absolute atomic E-state index is 12.0. The van der Waals surface area contributed by atoms with Gasteiger partial charge < -0.3 is 25.5 Å². The van der Waals surface area contributed by atoms with Crippen molar-refractivity contribution >= 4 is 19.5 Å². The Morgan fingerprint density at radius 1 is 1.28 bits per heavy atom. The quantitative estimate of drug-likeness (QED) is 0.211. The number of carbonyl (C=O) groups excluding carboxylic acids is 1. The van der Waals surface area contributed by atoms with Gasteiger partial charge in [0.25, 0.3) is 0 Å². The minimum absolute atomic E-state index is 0.0507. The number of carbonyl (C=O) groups is 2. The van der Waals surface area contributed by atoms with Crippen LogP contribution in [0.4, 0.5) is 0 Å². The SMILES string of the molecule is CC(NCCCCC/C=C(\NC(=O)[C@H]1CC1(C)C)C(=O)O)P(=O)(O)O. The molecule has 0 radical (unpaired) electrons. The molecule has 0 aromatic heterocycles. The van der Waals surface area contributed by atoms with Crippen molar-refractivity contribution in [3.63, 3.8) is 0 Å². The molecule has 0 aromatic rings. The zero-order chi connectivity index (χ0) is 19.3. The van der Waals surface area contributed by atoms with E-state index in [2.05, 4.69) is 10.6 Å². The van der Waals surface area contributed by atoms with Crippen LogP contribution >= 0.6 is 7.60 Å². The molecule has 1 aliphatic carbocycles. The molecule has 1 saturated carbocycles. The Morgan fingerprint density at radius 3 is 2.36 bits per heavy atom. The Labute approximate surface area is 148 Å². The third-order valence-corrected chi connectivity index (χ3v) is 5.68. The van der Waals surface area contributed by atoms with Crippen molar-refractivity contribution < 1.29 is 29.0 Å². The average Bonchev–Trinajstić information content (AvgIpc) is 3.12. The summed E-state index contributed by atoms with van der Waals surface area (Å²) in [6, 6.07) is 0. The lowest BCUT2D eigenvalue weighted by molar-refractivity contribution is -0.135. The Morgan fingerprint density at radius 2 is 1.88 bits per heavy atom. The van der Waals surface area contributed by atoms with E-state index in [-0.39, 0.29) is 22.9 Å². The van der Waals surface area contributed by atoms with E-state index in [1.54, 1.807) is 0 Å². The average molecular weight is 376 g/mol. The number of carboxylic acids is 1. The number of aliphatic carboxylic acids is 1. The van der Waals surface area contributed by atoms with Gasteiger partial charge >= 0.3 is 13.6 Å². The highest BCUT2D eigenvalue weighted by molar-refractivity contribution is 7.52. The fourth-order valence-corrected chi connectivity index (χ4v) is 2.82. The van der Waals surface area contributed by atoms with Gasteiger partial charge in [-0.25, -0.2) is 4.79 Å². The monoisotopic (exact) mass is 376 g/mol. The summed E-state index contributed by atoms with van der Waals surface area (Å²) in [6.07, 6.45) is 5.04. The molecule has 25 heavy (non-hydrogen) atoms. The molecular formula is C16H29N2O6P. The van der Waals surface area contributed by atoms with Crippen molar-refractivity contribution in [3.8, 4) is 0 Å². The number of amides is 1. The van der Waals surface area contributed by atoms with Crippen LogP contribution in [0.1, 0.15) is 52.9 Å². The number of allylic oxidation sites excluding steroid dienone is 1. The van der Waals surface area contributed by atoms with Gasteiger partial charge in [0.15, 0.2) is 0 Å². The second kappa shape index (κ2) is 8.94. The molecule has 1 fully saturated rings. The molecule has 1 amide bonds. The first-order chi connectivity index (χ1) is 11.4. The van der Waals surface area contributed by atoms with Crippen LogP contribution < -0.4 is 10.6 Å². The van der Waals surface area contributed by atoms with Gasteiger partial charge in [-0.2, -0.15) is 0 Å². The number of rotatable bonds is 11. The van der Waals surface area contributed by atoms with Gasteiger partial charge in [0, 0.05) is 5.92 Å². The van der Waals surface area contributed by atoms with Crippen molar-refractivity contribution in [1.82, 2.24) is 10.6 Å². The molecule has 0 bridgehead atoms. The van der Waals surface area contributed by atoms with Gasteiger partial charge in [0.1, 0.15) is 11.5 Å². The number of carboxylic acid groups (broad SMARTS) is 1. The van der Waals surface area contributed by atoms with Crippen LogP contribution in [0.25, 0.3) is 0 Å². The summed E-state index contributed by atoms with van der Waals surface area (Å²) in [5.74, 6) is -2.39. The van der Waals surface area contributed by atoms with Gasteiger partial charge in [-0.3, -0.25) is 9.36 Å². The van der Waals surface area contributed by atoms with Crippen LogP contribution in [0.3, 0.4) is 0 Å². The molecule has 0 heterocycles. The van der Waals surface area contributed by atoms with E-state index in [0.717, 1.165) is 25.7 Å². The molecule has 5 N–H and O–H groups in total. The predicted octanol–water partition coefficient (Wildman–Crippen LogP) is 1.79. The van der Waals surface area contributed by atoms with Crippen LogP contribution in [-0.4, -0.2) is 39.1 Å². The van der Waals surface area contributed by atoms with Gasteiger partial charge in [0.05, 0.1) is 0 Å². The molecular weight excluding hydrogens is 347 g/mol. The van der Waals surface area contributed by atoms with Crippen molar-refractivity contribution in [3.05, 3.63) is 11.8 Å². The Balaban J connectivity index is 2.26. The normalized spacial score (nSPS) is 20.8. The number of hydrogen-bond acceptors (Lipinski definition) is 4. The Kier molecular flexibility index (Phi) is 7.81. The van der Waals surface area contributed by atoms with Gasteiger partial charge in [-0.05, 0) is 44.6 Å². The molecule has 0 aliphatic heterocycles. The van der Waals surface area contributed by atoms with E-state index in [1.807, 2.05) is 13.8 Å². The van der Waals surface area contributed by atoms with Crippen LogP contribution in [0.2, 0.25) is 0 Å². The highest BCUT2D eigenvalue weighted by Gasteiger charge is 2.50. The molecule has 2 atom stereocenters. The summed E-state index contributed by atoms with van der Waals surface area (Å²) < 4.78 is 11.0. The Bertz CT molecular complexity index is 569. The van der Waals surface area contributed by atoms with Gasteiger partial charge in [-0.15, -0.1) is 0 Å². The van der Waals surface area contributed by atoms with E-state index in [0.29, 0.717) is 13.0 Å². The molecule has 0 aromatic carbocycles. The van der Waals surface area contributed by atoms with Crippen molar-refractivity contribution in [2.75, 3.05) is 6.54 Å². The first kappa shape index (κ1) is 21.8. The number of hydrogen-bond donors (Lipinski definition) is 5. The molecule has 1 rings (SSSR count). The van der Waals surface area contributed by atoms with E-state index >= 15 is 0 Å². The minimum atomic E-state index is -4.09. The third-order valence-electron chi connectivity index (χ3n) is 4.49. The topological polar surface area (TPSA) is 136 Å². The molecule has 0 spiro atoms. The maximum atomic E-state index is 12.0. The van der Waals surface area contributed by atoms with Crippen LogP contribution in [0.5, 0.6) is 0 Å². The molecule has 1 unspecified atom stereocenters. The van der Waals surface area contributed by atoms with Crippen molar-refractivity contribution in [2.24, 2.45) is 11.3 Å². The third kappa shape index (κ3) is 7.69. The lowest BCUT2D eigenvalue weighted by Gasteiger charge is -2.14. The highest BCUT2D eigenvalue weighted by Crippen LogP contribution is 2.51. The standard InChI is InChI=1S/C16H29N2O6P/c1-11(25(22,23)24)17-9-7-5-4-6-8-13(15(20)21)18-14(19)12-10-16(12,2)3/h8,11-12,17H,4-7,9-10H2,1-3H3,(H,18,19)(H,20,21)(H2,22,23,24)/b13-8-/t11?,12-/m1/s1. The number of nitrogens with one attached hydrogen (secondary N) is 2. The predicted molar refractivity (Wildman–Crippen MR) is 93.7 cm³/mol.